The first-order chi connectivity index (χ1) is 10.5. The molecule has 3 N–H and O–H groups in total. The number of nitrogens with one attached hydrogen (secondary N) is 1. The van der Waals surface area contributed by atoms with Crippen LogP contribution in [0.5, 0.6) is 11.5 Å². The van der Waals surface area contributed by atoms with Gasteiger partial charge in [0.1, 0.15) is 0 Å². The van der Waals surface area contributed by atoms with E-state index >= 15 is 0 Å². The summed E-state index contributed by atoms with van der Waals surface area (Å²) in [5.74, 6) is -0.320. The molecule has 8 nitrogen and oxygen atoms in total. The van der Waals surface area contributed by atoms with Crippen LogP contribution in [0.25, 0.3) is 0 Å². The van der Waals surface area contributed by atoms with Gasteiger partial charge in [-0.05, 0) is 19.1 Å². The highest BCUT2D eigenvalue weighted by Gasteiger charge is 2.10. The van der Waals surface area contributed by atoms with Crippen molar-refractivity contribution in [1.82, 2.24) is 5.32 Å². The molecule has 0 fully saturated rings. The monoisotopic (exact) mass is 310 g/mol. The van der Waals surface area contributed by atoms with E-state index in [1.54, 1.807) is 23.5 Å². The Bertz CT molecular complexity index is 532. The lowest BCUT2D eigenvalue weighted by Crippen LogP contribution is -2.37. The van der Waals surface area contributed by atoms with Crippen molar-refractivity contribution in [3.63, 3.8) is 0 Å². The van der Waals surface area contributed by atoms with Gasteiger partial charge in [0.2, 0.25) is 0 Å². The van der Waals surface area contributed by atoms with E-state index in [1.807, 2.05) is 13.0 Å². The van der Waals surface area contributed by atoms with Crippen LogP contribution >= 0.6 is 0 Å². The Hall–Kier alpha value is -2.77. The fourth-order valence-corrected chi connectivity index (χ4v) is 1.48. The minimum absolute atomic E-state index is 0.0513. The van der Waals surface area contributed by atoms with Crippen LogP contribution in [0.4, 0.5) is 4.79 Å². The van der Waals surface area contributed by atoms with Gasteiger partial charge in [0.25, 0.3) is 5.91 Å². The van der Waals surface area contributed by atoms with Crippen LogP contribution < -0.4 is 20.5 Å². The molecule has 0 aliphatic heterocycles. The maximum atomic E-state index is 11.4. The highest BCUT2D eigenvalue weighted by Crippen LogP contribution is 2.26. The third-order valence-electron chi connectivity index (χ3n) is 2.34. The summed E-state index contributed by atoms with van der Waals surface area (Å²) in [4.78, 5) is 32.8. The van der Waals surface area contributed by atoms with Gasteiger partial charge >= 0.3 is 12.0 Å². The molecule has 0 saturated heterocycles. The number of primary amides is 1. The van der Waals surface area contributed by atoms with Crippen LogP contribution in [-0.4, -0.2) is 37.7 Å². The summed E-state index contributed by atoms with van der Waals surface area (Å²) in [6, 6.07) is 6.06. The van der Waals surface area contributed by atoms with E-state index in [0.29, 0.717) is 18.1 Å². The van der Waals surface area contributed by atoms with Crippen LogP contribution in [0.2, 0.25) is 0 Å². The van der Waals surface area contributed by atoms with Crippen molar-refractivity contribution in [2.45, 2.75) is 13.3 Å². The Balaban J connectivity index is 2.30. The van der Waals surface area contributed by atoms with Crippen molar-refractivity contribution >= 4 is 17.9 Å². The molecule has 0 radical (unpaired) electrons. The summed E-state index contributed by atoms with van der Waals surface area (Å²) >= 11 is 0. The molecule has 0 saturated carbocycles. The fraction of sp³-hybridized carbons (Fsp3) is 0.357. The second-order valence-corrected chi connectivity index (χ2v) is 4.05. The van der Waals surface area contributed by atoms with Gasteiger partial charge in [-0.3, -0.25) is 14.9 Å². The highest BCUT2D eigenvalue weighted by atomic mass is 16.5. The molecule has 1 aromatic carbocycles. The lowest BCUT2D eigenvalue weighted by molar-refractivity contribution is -0.148. The summed E-state index contributed by atoms with van der Waals surface area (Å²) < 4.78 is 15.5. The van der Waals surface area contributed by atoms with E-state index in [2.05, 4.69) is 4.74 Å². The number of urea groups is 1. The highest BCUT2D eigenvalue weighted by molar-refractivity contribution is 5.94. The number of hydrogen-bond donors (Lipinski definition) is 2. The normalized spacial score (nSPS) is 9.68. The molecular weight excluding hydrogens is 292 g/mol. The third kappa shape index (κ3) is 6.60. The molecule has 1 rings (SSSR count). The molecule has 22 heavy (non-hydrogen) atoms. The molecule has 0 bridgehead atoms. The SMILES string of the molecule is CCOc1ccccc1OCCC(=O)OCC(=O)NC(N)=O. The van der Waals surface area contributed by atoms with Crippen molar-refractivity contribution < 1.29 is 28.6 Å². The molecule has 3 amide bonds. The van der Waals surface area contributed by atoms with Gasteiger partial charge in [-0.15, -0.1) is 0 Å². The van der Waals surface area contributed by atoms with Crippen LogP contribution in [0.3, 0.4) is 0 Å². The molecule has 0 heterocycles. The molecule has 0 aliphatic carbocycles. The van der Waals surface area contributed by atoms with Crippen molar-refractivity contribution in [3.8, 4) is 11.5 Å². The van der Waals surface area contributed by atoms with E-state index < -0.39 is 24.5 Å². The lowest BCUT2D eigenvalue weighted by atomic mass is 10.3. The zero-order valence-electron chi connectivity index (χ0n) is 12.2. The Morgan fingerprint density at radius 1 is 1.14 bits per heavy atom. The predicted molar refractivity (Wildman–Crippen MR) is 76.4 cm³/mol. The van der Waals surface area contributed by atoms with Crippen LogP contribution in [0, 0.1) is 0 Å². The van der Waals surface area contributed by atoms with Gasteiger partial charge in [0.15, 0.2) is 18.1 Å². The average Bonchev–Trinajstić information content (AvgIpc) is 2.46. The zero-order valence-corrected chi connectivity index (χ0v) is 12.2. The van der Waals surface area contributed by atoms with Gasteiger partial charge in [0, 0.05) is 0 Å². The molecule has 0 spiro atoms. The first-order valence-corrected chi connectivity index (χ1v) is 6.62. The summed E-state index contributed by atoms with van der Waals surface area (Å²) in [7, 11) is 0. The number of carbonyl (C=O) groups excluding carboxylic acids is 3. The number of hydrogen-bond acceptors (Lipinski definition) is 6. The number of esters is 1. The minimum atomic E-state index is -1.00. The van der Waals surface area contributed by atoms with E-state index in [-0.39, 0.29) is 13.0 Å². The van der Waals surface area contributed by atoms with Crippen molar-refractivity contribution in [1.29, 1.82) is 0 Å². The Morgan fingerprint density at radius 3 is 2.36 bits per heavy atom. The maximum absolute atomic E-state index is 11.4. The van der Waals surface area contributed by atoms with Gasteiger partial charge in [0.05, 0.1) is 19.6 Å². The smallest absolute Gasteiger partial charge is 0.318 e. The average molecular weight is 310 g/mol. The number of amides is 3. The second-order valence-electron chi connectivity index (χ2n) is 4.05. The number of ether oxygens (including phenoxy) is 3. The number of rotatable bonds is 8. The first-order valence-electron chi connectivity index (χ1n) is 6.62. The molecule has 120 valence electrons. The second kappa shape index (κ2) is 9.22. The fourth-order valence-electron chi connectivity index (χ4n) is 1.48. The minimum Gasteiger partial charge on any atom is -0.490 e. The Kier molecular flexibility index (Phi) is 7.24. The molecule has 0 atom stereocenters. The van der Waals surface area contributed by atoms with E-state index in [9.17, 15) is 14.4 Å². The number of imide groups is 1. The zero-order chi connectivity index (χ0) is 16.4. The first kappa shape index (κ1) is 17.3. The quantitative estimate of drug-likeness (QED) is 0.679. The van der Waals surface area contributed by atoms with Crippen LogP contribution in [-0.2, 0) is 14.3 Å². The maximum Gasteiger partial charge on any atom is 0.318 e. The van der Waals surface area contributed by atoms with Crippen LogP contribution in [0.15, 0.2) is 24.3 Å². The lowest BCUT2D eigenvalue weighted by Gasteiger charge is -2.11. The van der Waals surface area contributed by atoms with Crippen molar-refractivity contribution in [2.75, 3.05) is 19.8 Å². The van der Waals surface area contributed by atoms with Gasteiger partial charge in [-0.2, -0.15) is 0 Å². The summed E-state index contributed by atoms with van der Waals surface area (Å²) in [5, 5.41) is 1.78. The number of carbonyl (C=O) groups is 3. The molecule has 1 aromatic rings. The third-order valence-corrected chi connectivity index (χ3v) is 2.34. The van der Waals surface area contributed by atoms with Gasteiger partial charge in [-0.1, -0.05) is 12.1 Å². The van der Waals surface area contributed by atoms with Gasteiger partial charge in [-0.25, -0.2) is 4.79 Å². The summed E-state index contributed by atoms with van der Waals surface area (Å²) in [6.07, 6.45) is -0.0513. The largest absolute Gasteiger partial charge is 0.490 e. The molecular formula is C14H18N2O6. The van der Waals surface area contributed by atoms with Crippen molar-refractivity contribution in [2.24, 2.45) is 5.73 Å². The van der Waals surface area contributed by atoms with E-state index in [4.69, 9.17) is 15.2 Å². The van der Waals surface area contributed by atoms with E-state index in [1.165, 1.54) is 0 Å². The molecule has 0 aromatic heterocycles. The van der Waals surface area contributed by atoms with Crippen LogP contribution in [0.1, 0.15) is 13.3 Å². The molecule has 0 aliphatic rings. The Labute approximate surface area is 127 Å². The predicted octanol–water partition coefficient (Wildman–Crippen LogP) is 0.592. The molecule has 8 heteroatoms. The molecule has 0 unspecified atom stereocenters. The van der Waals surface area contributed by atoms with Gasteiger partial charge < -0.3 is 19.9 Å². The standard InChI is InChI=1S/C14H18N2O6/c1-2-20-10-5-3-4-6-11(10)21-8-7-13(18)22-9-12(17)16-14(15)19/h3-6H,2,7-9H2,1H3,(H3,15,16,17,19). The van der Waals surface area contributed by atoms with E-state index in [0.717, 1.165) is 0 Å². The topological polar surface area (TPSA) is 117 Å². The number of benzene rings is 1. The summed E-state index contributed by atoms with van der Waals surface area (Å²) in [5.41, 5.74) is 4.74. The van der Waals surface area contributed by atoms with Crippen molar-refractivity contribution in [3.05, 3.63) is 24.3 Å². The summed E-state index contributed by atoms with van der Waals surface area (Å²) in [6.45, 7) is 1.85. The number of nitrogens with two attached hydrogens (primary N) is 1. The number of para-hydroxylation sites is 2. The Morgan fingerprint density at radius 2 is 1.77 bits per heavy atom.